The van der Waals surface area contributed by atoms with E-state index in [4.69, 9.17) is 0 Å². The van der Waals surface area contributed by atoms with Gasteiger partial charge in [0.2, 0.25) is 5.91 Å². The number of pyridine rings is 1. The number of hydrogen-bond acceptors (Lipinski definition) is 4. The van der Waals surface area contributed by atoms with E-state index in [1.807, 2.05) is 11.9 Å². The zero-order valence-electron chi connectivity index (χ0n) is 29.0. The number of halogens is 5. The molecule has 0 bridgehead atoms. The van der Waals surface area contributed by atoms with E-state index in [1.54, 1.807) is 27.7 Å². The van der Waals surface area contributed by atoms with Gasteiger partial charge in [0.05, 0.1) is 23.6 Å². The van der Waals surface area contributed by atoms with Crippen LogP contribution < -0.4 is 10.9 Å². The topological polar surface area (TPSA) is 91.6 Å². The zero-order valence-corrected chi connectivity index (χ0v) is 29.0. The molecule has 0 saturated carbocycles. The van der Waals surface area contributed by atoms with Gasteiger partial charge in [0, 0.05) is 17.8 Å². The van der Waals surface area contributed by atoms with Gasteiger partial charge in [-0.25, -0.2) is 8.78 Å². The molecule has 1 fully saturated rings. The van der Waals surface area contributed by atoms with E-state index in [-0.39, 0.29) is 29.0 Å². The highest BCUT2D eigenvalue weighted by molar-refractivity contribution is 5.82. The summed E-state index contributed by atoms with van der Waals surface area (Å²) in [4.78, 5) is 41.6. The molecule has 1 aliphatic heterocycles. The largest absolute Gasteiger partial charge is 0.481 e. The van der Waals surface area contributed by atoms with E-state index in [0.717, 1.165) is 10.8 Å². The fourth-order valence-corrected chi connectivity index (χ4v) is 6.81. The third-order valence-electron chi connectivity index (χ3n) is 9.13. The van der Waals surface area contributed by atoms with Crippen molar-refractivity contribution in [1.29, 1.82) is 0 Å². The molecule has 0 unspecified atom stereocenters. The van der Waals surface area contributed by atoms with Crippen LogP contribution in [0.15, 0.2) is 41.3 Å². The zero-order chi connectivity index (χ0) is 37.1. The van der Waals surface area contributed by atoms with Crippen molar-refractivity contribution in [3.8, 4) is 23.0 Å². The van der Waals surface area contributed by atoms with Crippen LogP contribution in [0.1, 0.15) is 97.8 Å². The van der Waals surface area contributed by atoms with Gasteiger partial charge < -0.3 is 19.9 Å². The molecule has 1 aliphatic rings. The number of rotatable bonds is 10. The highest BCUT2D eigenvalue weighted by Gasteiger charge is 2.38. The number of nitrogens with zero attached hydrogens (tertiary/aromatic N) is 2. The van der Waals surface area contributed by atoms with Gasteiger partial charge in [-0.1, -0.05) is 19.8 Å². The van der Waals surface area contributed by atoms with E-state index in [2.05, 4.69) is 17.2 Å². The second-order valence-electron chi connectivity index (χ2n) is 13.5. The third kappa shape index (κ3) is 8.80. The van der Waals surface area contributed by atoms with E-state index in [0.29, 0.717) is 54.3 Å². The molecule has 2 heterocycles. The number of piperidine rings is 1. The molecule has 0 aliphatic carbocycles. The molecule has 0 radical (unpaired) electrons. The van der Waals surface area contributed by atoms with Crippen molar-refractivity contribution >= 4 is 11.9 Å². The molecule has 1 saturated heterocycles. The molecule has 1 amide bonds. The number of carboxylic acids is 1. The molecule has 3 aromatic rings. The molecule has 2 aromatic carbocycles. The molecule has 0 spiro atoms. The summed E-state index contributed by atoms with van der Waals surface area (Å²) in [6.45, 7) is 9.50. The normalized spacial score (nSPS) is 15.4. The van der Waals surface area contributed by atoms with Gasteiger partial charge in [-0.3, -0.25) is 14.4 Å². The number of carboxylic acid groups (broad SMARTS) is 1. The standard InChI is InChI=1S/C38H42F5N3O4/c1-7-8-25-16-26(35-22(4)14-27(39)15-23(35)5)17-28(36(25)40)31(19-34(48)49)44-37(50)32(13-21(2)3)46-20-29(24-9-11-45(6)12-10-24)30(18-33(46)47)38(41,42)43/h14-18,20-21,24,31-32H,9-13,19H2,1-6H3,(H,44,50)(H,48,49)/t31-,32-/m0/s1. The molecule has 50 heavy (non-hydrogen) atoms. The number of aliphatic carboxylic acids is 1. The quantitative estimate of drug-likeness (QED) is 0.169. The Bertz CT molecular complexity index is 1860. The van der Waals surface area contributed by atoms with Crippen LogP contribution in [0.2, 0.25) is 0 Å². The minimum atomic E-state index is -4.80. The summed E-state index contributed by atoms with van der Waals surface area (Å²) in [6, 6.07) is 3.19. The smallest absolute Gasteiger partial charge is 0.416 e. The van der Waals surface area contributed by atoms with E-state index < -0.39 is 65.2 Å². The maximum absolute atomic E-state index is 16.1. The van der Waals surface area contributed by atoms with Gasteiger partial charge in [-0.05, 0) is 124 Å². The number of aromatic nitrogens is 1. The van der Waals surface area contributed by atoms with Gasteiger partial charge in [-0.15, -0.1) is 5.92 Å². The Kier molecular flexibility index (Phi) is 11.9. The van der Waals surface area contributed by atoms with Gasteiger partial charge >= 0.3 is 12.1 Å². The Balaban J connectivity index is 1.86. The average Bonchev–Trinajstić information content (AvgIpc) is 3.00. The summed E-state index contributed by atoms with van der Waals surface area (Å²) < 4.78 is 74.0. The fourth-order valence-electron chi connectivity index (χ4n) is 6.81. The number of nitrogens with one attached hydrogen (secondary N) is 1. The second-order valence-corrected chi connectivity index (χ2v) is 13.5. The summed E-state index contributed by atoms with van der Waals surface area (Å²) in [7, 11) is 1.87. The molecular formula is C38H42F5N3O4. The van der Waals surface area contributed by atoms with Crippen molar-refractivity contribution in [2.45, 2.75) is 84.5 Å². The predicted molar refractivity (Wildman–Crippen MR) is 181 cm³/mol. The number of aryl methyl sites for hydroxylation is 2. The number of benzene rings is 2. The van der Waals surface area contributed by atoms with Crippen LogP contribution in [0.25, 0.3) is 11.1 Å². The Morgan fingerprint density at radius 2 is 1.66 bits per heavy atom. The summed E-state index contributed by atoms with van der Waals surface area (Å²) in [6.07, 6.45) is -3.58. The van der Waals surface area contributed by atoms with Crippen molar-refractivity contribution in [2.24, 2.45) is 5.92 Å². The van der Waals surface area contributed by atoms with Crippen LogP contribution >= 0.6 is 0 Å². The van der Waals surface area contributed by atoms with Crippen molar-refractivity contribution in [1.82, 2.24) is 14.8 Å². The lowest BCUT2D eigenvalue weighted by atomic mass is 9.87. The van der Waals surface area contributed by atoms with Crippen molar-refractivity contribution in [2.75, 3.05) is 20.1 Å². The van der Waals surface area contributed by atoms with Gasteiger partial charge in [0.15, 0.2) is 0 Å². The molecule has 7 nitrogen and oxygen atoms in total. The molecule has 268 valence electrons. The lowest BCUT2D eigenvalue weighted by Crippen LogP contribution is -2.41. The highest BCUT2D eigenvalue weighted by atomic mass is 19.4. The Morgan fingerprint density at radius 1 is 1.04 bits per heavy atom. The van der Waals surface area contributed by atoms with Gasteiger partial charge in [-0.2, -0.15) is 13.2 Å². The number of alkyl halides is 3. The maximum atomic E-state index is 16.1. The molecule has 4 rings (SSSR count). The lowest BCUT2D eigenvalue weighted by Gasteiger charge is -2.32. The number of carbonyl (C=O) groups is 2. The lowest BCUT2D eigenvalue weighted by molar-refractivity contribution is -0.139. The van der Waals surface area contributed by atoms with Crippen molar-refractivity contribution in [3.05, 3.63) is 91.9 Å². The number of hydrogen-bond donors (Lipinski definition) is 2. The predicted octanol–water partition coefficient (Wildman–Crippen LogP) is 7.53. The average molecular weight is 700 g/mol. The van der Waals surface area contributed by atoms with Crippen molar-refractivity contribution < 1.29 is 36.6 Å². The SMILES string of the molecule is CC#Cc1cc(-c2c(C)cc(F)cc2C)cc([C@H](CC(=O)O)NC(=O)[C@H](CC(C)C)n2cc(C3CCN(C)CC3)c(C(F)(F)F)cc2=O)c1F. The first-order valence-electron chi connectivity index (χ1n) is 16.5. The molecule has 2 N–H and O–H groups in total. The number of amides is 1. The first-order chi connectivity index (χ1) is 23.4. The van der Waals surface area contributed by atoms with E-state index in [9.17, 15) is 37.1 Å². The molecule has 12 heteroatoms. The number of likely N-dealkylation sites (tertiary alicyclic amines) is 1. The second kappa shape index (κ2) is 15.6. The molecule has 2 atom stereocenters. The minimum Gasteiger partial charge on any atom is -0.481 e. The Morgan fingerprint density at radius 3 is 2.20 bits per heavy atom. The monoisotopic (exact) mass is 699 g/mol. The minimum absolute atomic E-state index is 0.0206. The number of carbonyl (C=O) groups excluding carboxylic acids is 1. The first-order valence-corrected chi connectivity index (χ1v) is 16.5. The summed E-state index contributed by atoms with van der Waals surface area (Å²) in [5.74, 6) is 1.02. The Labute approximate surface area is 288 Å². The maximum Gasteiger partial charge on any atom is 0.416 e. The summed E-state index contributed by atoms with van der Waals surface area (Å²) >= 11 is 0. The van der Waals surface area contributed by atoms with E-state index in [1.165, 1.54) is 31.2 Å². The van der Waals surface area contributed by atoms with Crippen LogP contribution in [-0.2, 0) is 15.8 Å². The van der Waals surface area contributed by atoms with Crippen LogP contribution in [0.3, 0.4) is 0 Å². The third-order valence-corrected chi connectivity index (χ3v) is 9.13. The molecular weight excluding hydrogens is 657 g/mol. The van der Waals surface area contributed by atoms with Crippen LogP contribution in [0.5, 0.6) is 0 Å². The van der Waals surface area contributed by atoms with Crippen molar-refractivity contribution in [3.63, 3.8) is 0 Å². The van der Waals surface area contributed by atoms with Crippen LogP contribution in [0, 0.1) is 43.2 Å². The first kappa shape index (κ1) is 38.3. The van der Waals surface area contributed by atoms with Crippen LogP contribution in [-0.4, -0.2) is 46.6 Å². The van der Waals surface area contributed by atoms with Gasteiger partial charge in [0.1, 0.15) is 17.7 Å². The Hall–Kier alpha value is -4.50. The van der Waals surface area contributed by atoms with E-state index >= 15 is 4.39 Å². The van der Waals surface area contributed by atoms with Gasteiger partial charge in [0.25, 0.3) is 5.56 Å². The summed E-state index contributed by atoms with van der Waals surface area (Å²) in [5, 5.41) is 12.5. The van der Waals surface area contributed by atoms with Crippen LogP contribution in [0.4, 0.5) is 22.0 Å². The highest BCUT2D eigenvalue weighted by Crippen LogP contribution is 2.39. The summed E-state index contributed by atoms with van der Waals surface area (Å²) in [5.41, 5.74) is -0.386. The molecule has 1 aromatic heterocycles. The fraction of sp³-hybridized carbons (Fsp3) is 0.447.